The lowest BCUT2D eigenvalue weighted by Gasteiger charge is -2.07. The van der Waals surface area contributed by atoms with E-state index in [1.807, 2.05) is 19.9 Å². The highest BCUT2D eigenvalue weighted by Gasteiger charge is 2.13. The second kappa shape index (κ2) is 6.89. The Bertz CT molecular complexity index is 150. The molecule has 70 valence electrons. The molecule has 1 atom stereocenters. The minimum absolute atomic E-state index is 0.143. The summed E-state index contributed by atoms with van der Waals surface area (Å²) in [6.07, 6.45) is 7.60. The molecule has 0 heterocycles. The summed E-state index contributed by atoms with van der Waals surface area (Å²) in [5.41, 5.74) is 0. The molecular formula is C10H18O2. The molecule has 0 saturated heterocycles. The van der Waals surface area contributed by atoms with Gasteiger partial charge in [0, 0.05) is 0 Å². The van der Waals surface area contributed by atoms with E-state index in [0.29, 0.717) is 0 Å². The molecule has 0 aliphatic carbocycles. The van der Waals surface area contributed by atoms with E-state index in [2.05, 4.69) is 6.08 Å². The number of aliphatic carboxylic acids is 1. The predicted molar refractivity (Wildman–Crippen MR) is 50.1 cm³/mol. The Labute approximate surface area is 74.3 Å². The number of allylic oxidation sites excluding steroid dienone is 2. The number of hydrogen-bond donors (Lipinski definition) is 1. The van der Waals surface area contributed by atoms with Gasteiger partial charge in [-0.15, -0.1) is 0 Å². The van der Waals surface area contributed by atoms with Crippen molar-refractivity contribution in [2.45, 2.75) is 39.5 Å². The van der Waals surface area contributed by atoms with Crippen LogP contribution in [0.5, 0.6) is 0 Å². The lowest BCUT2D eigenvalue weighted by Crippen LogP contribution is -2.11. The van der Waals surface area contributed by atoms with E-state index in [9.17, 15) is 4.79 Å². The van der Waals surface area contributed by atoms with Crippen LogP contribution in [0.4, 0.5) is 0 Å². The smallest absolute Gasteiger partial charge is 0.306 e. The normalized spacial score (nSPS) is 13.5. The van der Waals surface area contributed by atoms with Crippen molar-refractivity contribution < 1.29 is 9.90 Å². The number of carboxylic acid groups (broad SMARTS) is 1. The third-order valence-corrected chi connectivity index (χ3v) is 2.00. The van der Waals surface area contributed by atoms with E-state index in [1.54, 1.807) is 0 Å². The molecule has 0 aliphatic heterocycles. The maximum atomic E-state index is 10.6. The molecule has 12 heavy (non-hydrogen) atoms. The van der Waals surface area contributed by atoms with Crippen molar-refractivity contribution in [1.82, 2.24) is 0 Å². The Hall–Kier alpha value is -0.790. The van der Waals surface area contributed by atoms with Crippen LogP contribution in [0.25, 0.3) is 0 Å². The molecule has 0 spiro atoms. The molecule has 0 saturated carbocycles. The van der Waals surface area contributed by atoms with Crippen molar-refractivity contribution >= 4 is 5.97 Å². The van der Waals surface area contributed by atoms with Gasteiger partial charge in [0.05, 0.1) is 5.92 Å². The topological polar surface area (TPSA) is 37.3 Å². The molecule has 0 aliphatic rings. The predicted octanol–water partition coefficient (Wildman–Crippen LogP) is 2.84. The number of carbonyl (C=O) groups is 1. The van der Waals surface area contributed by atoms with Crippen LogP contribution in [-0.4, -0.2) is 11.1 Å². The fourth-order valence-corrected chi connectivity index (χ4v) is 1.15. The molecule has 0 radical (unpaired) electrons. The number of carboxylic acids is 1. The van der Waals surface area contributed by atoms with Crippen LogP contribution in [0.15, 0.2) is 12.2 Å². The first-order valence-corrected chi connectivity index (χ1v) is 4.56. The molecule has 1 N–H and O–H groups in total. The van der Waals surface area contributed by atoms with Crippen molar-refractivity contribution in [2.75, 3.05) is 0 Å². The number of rotatable bonds is 6. The van der Waals surface area contributed by atoms with Gasteiger partial charge in [-0.25, -0.2) is 0 Å². The molecule has 0 aromatic heterocycles. The first-order chi connectivity index (χ1) is 5.72. The van der Waals surface area contributed by atoms with Crippen molar-refractivity contribution in [3.8, 4) is 0 Å². The van der Waals surface area contributed by atoms with E-state index in [4.69, 9.17) is 5.11 Å². The van der Waals surface area contributed by atoms with Gasteiger partial charge >= 0.3 is 5.97 Å². The lowest BCUT2D eigenvalue weighted by molar-refractivity contribution is -0.142. The molecule has 0 fully saturated rings. The second-order valence-electron chi connectivity index (χ2n) is 2.94. The van der Waals surface area contributed by atoms with E-state index < -0.39 is 5.97 Å². The molecule has 0 aromatic rings. The van der Waals surface area contributed by atoms with Gasteiger partial charge in [0.25, 0.3) is 0 Å². The average molecular weight is 170 g/mol. The highest BCUT2D eigenvalue weighted by Crippen LogP contribution is 2.12. The van der Waals surface area contributed by atoms with Gasteiger partial charge in [0.1, 0.15) is 0 Å². The Morgan fingerprint density at radius 2 is 2.25 bits per heavy atom. The van der Waals surface area contributed by atoms with Crippen LogP contribution >= 0.6 is 0 Å². The second-order valence-corrected chi connectivity index (χ2v) is 2.94. The SMILES string of the molecule is C/C=C/CCCC(CC)C(=O)O. The van der Waals surface area contributed by atoms with E-state index >= 15 is 0 Å². The van der Waals surface area contributed by atoms with Crippen molar-refractivity contribution in [1.29, 1.82) is 0 Å². The summed E-state index contributed by atoms with van der Waals surface area (Å²) in [6.45, 7) is 3.91. The first kappa shape index (κ1) is 11.2. The summed E-state index contributed by atoms with van der Waals surface area (Å²) >= 11 is 0. The summed E-state index contributed by atoms with van der Waals surface area (Å²) < 4.78 is 0. The summed E-state index contributed by atoms with van der Waals surface area (Å²) in [6, 6.07) is 0. The molecule has 0 rings (SSSR count). The average Bonchev–Trinajstić information content (AvgIpc) is 2.04. The number of unbranched alkanes of at least 4 members (excludes halogenated alkanes) is 1. The van der Waals surface area contributed by atoms with Gasteiger partial charge in [0.2, 0.25) is 0 Å². The van der Waals surface area contributed by atoms with Crippen LogP contribution < -0.4 is 0 Å². The standard InChI is InChI=1S/C10H18O2/c1-3-5-6-7-8-9(4-2)10(11)12/h3,5,9H,4,6-8H2,1-2H3,(H,11,12)/b5-3+. The van der Waals surface area contributed by atoms with Crippen LogP contribution in [0.1, 0.15) is 39.5 Å². The van der Waals surface area contributed by atoms with Gasteiger partial charge in [0.15, 0.2) is 0 Å². The first-order valence-electron chi connectivity index (χ1n) is 4.56. The van der Waals surface area contributed by atoms with E-state index in [-0.39, 0.29) is 5.92 Å². The molecule has 0 bridgehead atoms. The van der Waals surface area contributed by atoms with Gasteiger partial charge in [-0.05, 0) is 32.6 Å². The van der Waals surface area contributed by atoms with Crippen LogP contribution in [-0.2, 0) is 4.79 Å². The highest BCUT2D eigenvalue weighted by atomic mass is 16.4. The zero-order chi connectivity index (χ0) is 9.40. The highest BCUT2D eigenvalue weighted by molar-refractivity contribution is 5.69. The summed E-state index contributed by atoms with van der Waals surface area (Å²) in [4.78, 5) is 10.6. The lowest BCUT2D eigenvalue weighted by atomic mass is 9.99. The van der Waals surface area contributed by atoms with Gasteiger partial charge in [-0.1, -0.05) is 19.1 Å². The monoisotopic (exact) mass is 170 g/mol. The third kappa shape index (κ3) is 4.94. The maximum absolute atomic E-state index is 10.6. The summed E-state index contributed by atoms with van der Waals surface area (Å²) in [7, 11) is 0. The van der Waals surface area contributed by atoms with E-state index in [0.717, 1.165) is 25.7 Å². The molecule has 1 unspecified atom stereocenters. The fourth-order valence-electron chi connectivity index (χ4n) is 1.15. The molecular weight excluding hydrogens is 152 g/mol. The van der Waals surface area contributed by atoms with E-state index in [1.165, 1.54) is 0 Å². The largest absolute Gasteiger partial charge is 0.481 e. The van der Waals surface area contributed by atoms with Gasteiger partial charge in [-0.3, -0.25) is 4.79 Å². The Balaban J connectivity index is 3.51. The zero-order valence-electron chi connectivity index (χ0n) is 7.92. The third-order valence-electron chi connectivity index (χ3n) is 2.00. The minimum Gasteiger partial charge on any atom is -0.481 e. The fraction of sp³-hybridized carbons (Fsp3) is 0.700. The zero-order valence-corrected chi connectivity index (χ0v) is 7.92. The number of hydrogen-bond acceptors (Lipinski definition) is 1. The maximum Gasteiger partial charge on any atom is 0.306 e. The van der Waals surface area contributed by atoms with Crippen molar-refractivity contribution in [2.24, 2.45) is 5.92 Å². The Morgan fingerprint density at radius 3 is 2.67 bits per heavy atom. The van der Waals surface area contributed by atoms with Gasteiger partial charge < -0.3 is 5.11 Å². The Kier molecular flexibility index (Phi) is 6.44. The van der Waals surface area contributed by atoms with Gasteiger partial charge in [-0.2, -0.15) is 0 Å². The summed E-state index contributed by atoms with van der Waals surface area (Å²) in [5.74, 6) is -0.798. The van der Waals surface area contributed by atoms with Crippen LogP contribution in [0.2, 0.25) is 0 Å². The molecule has 0 amide bonds. The minimum atomic E-state index is -0.655. The summed E-state index contributed by atoms with van der Waals surface area (Å²) in [5, 5.41) is 8.71. The van der Waals surface area contributed by atoms with Crippen LogP contribution in [0.3, 0.4) is 0 Å². The van der Waals surface area contributed by atoms with Crippen molar-refractivity contribution in [3.05, 3.63) is 12.2 Å². The quantitative estimate of drug-likeness (QED) is 0.491. The Morgan fingerprint density at radius 1 is 1.58 bits per heavy atom. The molecule has 0 aromatic carbocycles. The molecule has 2 heteroatoms. The molecule has 2 nitrogen and oxygen atoms in total. The van der Waals surface area contributed by atoms with Crippen LogP contribution in [0, 0.1) is 5.92 Å². The van der Waals surface area contributed by atoms with Crippen molar-refractivity contribution in [3.63, 3.8) is 0 Å².